The average Bonchev–Trinajstić information content (AvgIpc) is 3.48. The lowest BCUT2D eigenvalue weighted by Gasteiger charge is -2.34. The van der Waals surface area contributed by atoms with E-state index in [0.29, 0.717) is 30.9 Å². The van der Waals surface area contributed by atoms with E-state index >= 15 is 0 Å². The second-order valence-corrected chi connectivity index (χ2v) is 11.4. The van der Waals surface area contributed by atoms with E-state index in [1.54, 1.807) is 18.3 Å². The molecule has 7 nitrogen and oxygen atoms in total. The Morgan fingerprint density at radius 3 is 2.56 bits per heavy atom. The van der Waals surface area contributed by atoms with Crippen molar-refractivity contribution in [3.8, 4) is 11.3 Å². The summed E-state index contributed by atoms with van der Waals surface area (Å²) in [7, 11) is 0. The average molecular weight is 616 g/mol. The first kappa shape index (κ1) is 29.0. The summed E-state index contributed by atoms with van der Waals surface area (Å²) in [4.78, 5) is 31.7. The quantitative estimate of drug-likeness (QED) is 0.182. The Morgan fingerprint density at radius 2 is 1.77 bits per heavy atom. The Morgan fingerprint density at radius 1 is 1.00 bits per heavy atom. The van der Waals surface area contributed by atoms with E-state index < -0.39 is 0 Å². The van der Waals surface area contributed by atoms with E-state index in [0.717, 1.165) is 41.9 Å². The van der Waals surface area contributed by atoms with Gasteiger partial charge in [-0.3, -0.25) is 19.7 Å². The zero-order valence-corrected chi connectivity index (χ0v) is 24.7. The molecule has 0 bridgehead atoms. The van der Waals surface area contributed by atoms with Crippen molar-refractivity contribution in [2.24, 2.45) is 0 Å². The number of fused-ring (bicyclic) bond motifs is 1. The predicted octanol–water partition coefficient (Wildman–Crippen LogP) is 7.32. The number of carbonyl (C=O) groups excluding carboxylic acids is 1. The van der Waals surface area contributed by atoms with E-state index in [-0.39, 0.29) is 33.4 Å². The molecule has 1 unspecified atom stereocenters. The van der Waals surface area contributed by atoms with Gasteiger partial charge in [-0.1, -0.05) is 65.7 Å². The minimum atomic E-state index is -0.357. The van der Waals surface area contributed by atoms with Gasteiger partial charge in [-0.2, -0.15) is 0 Å². The number of imidazole rings is 1. The van der Waals surface area contributed by atoms with Crippen molar-refractivity contribution >= 4 is 29.1 Å². The topological polar surface area (TPSA) is 86.8 Å². The maximum Gasteiger partial charge on any atom is 0.254 e. The fraction of sp³-hybridized carbons (Fsp3) is 0.212. The molecule has 10 heteroatoms. The maximum absolute atomic E-state index is 14.4. The lowest BCUT2D eigenvalue weighted by Crippen LogP contribution is -2.31. The third-order valence-electron chi connectivity index (χ3n) is 7.68. The number of nitrogens with one attached hydrogen (secondary N) is 2. The second-order valence-electron chi connectivity index (χ2n) is 10.6. The molecule has 0 radical (unpaired) electrons. The summed E-state index contributed by atoms with van der Waals surface area (Å²) in [6, 6.07) is 19.1. The van der Waals surface area contributed by atoms with Crippen LogP contribution in [0.1, 0.15) is 57.5 Å². The minimum Gasteiger partial charge on any atom is -0.348 e. The van der Waals surface area contributed by atoms with Crippen molar-refractivity contribution in [1.82, 2.24) is 30.2 Å². The number of aryl methyl sites for hydroxylation is 1. The van der Waals surface area contributed by atoms with Gasteiger partial charge in [-0.15, -0.1) is 0 Å². The number of carbonyl (C=O) groups is 1. The van der Waals surface area contributed by atoms with Crippen molar-refractivity contribution in [1.29, 1.82) is 0 Å². The van der Waals surface area contributed by atoms with Gasteiger partial charge in [0.05, 0.1) is 39.6 Å². The fourth-order valence-electron chi connectivity index (χ4n) is 5.55. The standard InChI is InChI=1S/C33H29Cl2FN6O/c34-25-16-37-17-26(35)31(25)33(43)40-15-21-10-12-22(13-11-21)19-42(29-9-3-5-23-6-4-14-38-32(23)29)20-30-39-18-28(41-30)24-7-1-2-8-27(24)36/h1-2,4,6-8,10-14,16-18,29H,3,5,9,15,19-20H2,(H,39,41)(H,40,43). The van der Waals surface area contributed by atoms with Crippen molar-refractivity contribution in [2.75, 3.05) is 0 Å². The minimum absolute atomic E-state index is 0.112. The smallest absolute Gasteiger partial charge is 0.254 e. The van der Waals surface area contributed by atoms with Crippen LogP contribution in [0.25, 0.3) is 11.3 Å². The Bertz CT molecular complexity index is 1720. The highest BCUT2D eigenvalue weighted by molar-refractivity contribution is 6.39. The highest BCUT2D eigenvalue weighted by Crippen LogP contribution is 2.35. The van der Waals surface area contributed by atoms with Crippen LogP contribution in [0.3, 0.4) is 0 Å². The van der Waals surface area contributed by atoms with Crippen molar-refractivity contribution in [3.63, 3.8) is 0 Å². The normalized spacial score (nSPS) is 14.5. The molecule has 0 saturated heterocycles. The number of H-pyrrole nitrogens is 1. The van der Waals surface area contributed by atoms with Crippen LogP contribution < -0.4 is 5.32 Å². The summed E-state index contributed by atoms with van der Waals surface area (Å²) < 4.78 is 14.4. The number of hydrogen-bond donors (Lipinski definition) is 2. The monoisotopic (exact) mass is 614 g/mol. The molecule has 3 heterocycles. The molecule has 6 rings (SSSR count). The van der Waals surface area contributed by atoms with Crippen molar-refractivity contribution < 1.29 is 9.18 Å². The van der Waals surface area contributed by atoms with Crippen LogP contribution >= 0.6 is 23.2 Å². The molecule has 1 aliphatic rings. The zero-order chi connectivity index (χ0) is 29.8. The van der Waals surface area contributed by atoms with Gasteiger partial charge in [0.15, 0.2) is 0 Å². The van der Waals surface area contributed by atoms with Gasteiger partial charge in [0.25, 0.3) is 5.91 Å². The molecule has 0 aliphatic heterocycles. The van der Waals surface area contributed by atoms with Gasteiger partial charge in [0, 0.05) is 43.4 Å². The van der Waals surface area contributed by atoms with Gasteiger partial charge in [-0.05, 0) is 54.2 Å². The zero-order valence-electron chi connectivity index (χ0n) is 23.2. The van der Waals surface area contributed by atoms with Gasteiger partial charge in [0.2, 0.25) is 0 Å². The molecule has 5 aromatic rings. The molecule has 43 heavy (non-hydrogen) atoms. The first-order valence-corrected chi connectivity index (χ1v) is 14.8. The van der Waals surface area contributed by atoms with Crippen LogP contribution in [0.4, 0.5) is 4.39 Å². The molecule has 2 N–H and O–H groups in total. The summed E-state index contributed by atoms with van der Waals surface area (Å²) in [6.07, 6.45) is 9.47. The van der Waals surface area contributed by atoms with Gasteiger partial charge < -0.3 is 10.3 Å². The first-order valence-electron chi connectivity index (χ1n) is 14.1. The molecule has 1 atom stereocenters. The molecular formula is C33H29Cl2FN6O. The first-order chi connectivity index (χ1) is 21.0. The van der Waals surface area contributed by atoms with Crippen LogP contribution in [0.5, 0.6) is 0 Å². The van der Waals surface area contributed by atoms with E-state index in [1.165, 1.54) is 24.0 Å². The summed E-state index contributed by atoms with van der Waals surface area (Å²) in [5.41, 5.74) is 5.68. The molecule has 1 aliphatic carbocycles. The lowest BCUT2D eigenvalue weighted by atomic mass is 9.90. The van der Waals surface area contributed by atoms with Gasteiger partial charge in [0.1, 0.15) is 11.6 Å². The number of amides is 1. The fourth-order valence-corrected chi connectivity index (χ4v) is 6.09. The highest BCUT2D eigenvalue weighted by Gasteiger charge is 2.28. The molecule has 0 fully saturated rings. The maximum atomic E-state index is 14.4. The number of aromatic nitrogens is 4. The van der Waals surface area contributed by atoms with E-state index in [1.807, 2.05) is 30.5 Å². The second kappa shape index (κ2) is 13.0. The Kier molecular flexibility index (Phi) is 8.79. The summed E-state index contributed by atoms with van der Waals surface area (Å²) in [5, 5.41) is 3.29. The van der Waals surface area contributed by atoms with Gasteiger partial charge >= 0.3 is 0 Å². The summed E-state index contributed by atoms with van der Waals surface area (Å²) in [6.45, 7) is 1.52. The Labute approximate surface area is 259 Å². The third kappa shape index (κ3) is 6.62. The summed E-state index contributed by atoms with van der Waals surface area (Å²) in [5.74, 6) is 0.101. The van der Waals surface area contributed by atoms with Crippen LogP contribution in [0.2, 0.25) is 10.0 Å². The number of hydrogen-bond acceptors (Lipinski definition) is 5. The van der Waals surface area contributed by atoms with Crippen LogP contribution in [-0.4, -0.2) is 30.7 Å². The van der Waals surface area contributed by atoms with Crippen LogP contribution in [0, 0.1) is 5.82 Å². The lowest BCUT2D eigenvalue weighted by molar-refractivity contribution is 0.0951. The molecule has 2 aromatic carbocycles. The number of rotatable bonds is 9. The number of aromatic amines is 1. The van der Waals surface area contributed by atoms with Crippen LogP contribution in [-0.2, 0) is 26.1 Å². The predicted molar refractivity (Wildman–Crippen MR) is 165 cm³/mol. The number of benzene rings is 2. The van der Waals surface area contributed by atoms with Crippen LogP contribution in [0.15, 0.2) is 85.5 Å². The molecular weight excluding hydrogens is 586 g/mol. The highest BCUT2D eigenvalue weighted by atomic mass is 35.5. The number of pyridine rings is 2. The van der Waals surface area contributed by atoms with E-state index in [4.69, 9.17) is 33.2 Å². The SMILES string of the molecule is O=C(NCc1ccc(CN(Cc2nc(-c3ccccc3F)c[nH]2)C2CCCc3cccnc32)cc1)c1c(Cl)cncc1Cl. The molecule has 1 amide bonds. The van der Waals surface area contributed by atoms with E-state index in [9.17, 15) is 9.18 Å². The molecule has 3 aromatic heterocycles. The van der Waals surface area contributed by atoms with Crippen molar-refractivity contribution in [3.05, 3.63) is 135 Å². The summed E-state index contributed by atoms with van der Waals surface area (Å²) >= 11 is 12.3. The largest absolute Gasteiger partial charge is 0.348 e. The molecule has 0 saturated carbocycles. The Hall–Kier alpha value is -4.11. The number of halogens is 3. The Balaban J connectivity index is 1.20. The van der Waals surface area contributed by atoms with Gasteiger partial charge in [-0.25, -0.2) is 9.37 Å². The molecule has 218 valence electrons. The third-order valence-corrected chi connectivity index (χ3v) is 8.26. The van der Waals surface area contributed by atoms with Crippen molar-refractivity contribution in [2.45, 2.75) is 44.9 Å². The van der Waals surface area contributed by atoms with E-state index in [2.05, 4.69) is 38.4 Å². The number of nitrogens with zero attached hydrogens (tertiary/aromatic N) is 4. The molecule has 0 spiro atoms.